The molecule has 1 amide bonds. The van der Waals surface area contributed by atoms with Crippen molar-refractivity contribution in [3.05, 3.63) is 22.8 Å². The van der Waals surface area contributed by atoms with Gasteiger partial charge in [0.1, 0.15) is 0 Å². The highest BCUT2D eigenvalue weighted by molar-refractivity contribution is 8.02. The Morgan fingerprint density at radius 3 is 2.09 bits per heavy atom. The van der Waals surface area contributed by atoms with Crippen molar-refractivity contribution in [1.29, 1.82) is 0 Å². The maximum Gasteiger partial charge on any atom is 0.330 e. The molecule has 5 nitrogen and oxygen atoms in total. The Bertz CT molecular complexity index is 783. The number of carbonyl (C=O) groups excluding carboxylic acids is 1. The second-order valence-electron chi connectivity index (χ2n) is 10.2. The largest absolute Gasteiger partial charge is 0.478 e. The lowest BCUT2D eigenvalue weighted by molar-refractivity contribution is -0.137. The molecule has 0 atom stereocenters. The molecule has 2 fully saturated rings. The van der Waals surface area contributed by atoms with E-state index in [0.717, 1.165) is 36.7 Å². The van der Waals surface area contributed by atoms with Crippen LogP contribution in [0.2, 0.25) is 0 Å². The molecule has 0 aliphatic heterocycles. The fourth-order valence-corrected chi connectivity index (χ4v) is 4.77. The number of amides is 1. The normalized spacial score (nSPS) is 27.3. The first kappa shape index (κ1) is 26.5. The number of hydrogen-bond acceptors (Lipinski definition) is 4. The summed E-state index contributed by atoms with van der Waals surface area (Å²) in [6.45, 7) is 8.30. The van der Waals surface area contributed by atoms with Gasteiger partial charge in [0.05, 0.1) is 16.7 Å². The number of thioether (sulfide) groups is 1. The van der Waals surface area contributed by atoms with Crippen LogP contribution in [-0.2, 0) is 9.59 Å². The number of carbonyl (C=O) groups is 2. The zero-order valence-corrected chi connectivity index (χ0v) is 21.0. The lowest BCUT2D eigenvalue weighted by Crippen LogP contribution is -2.45. The van der Waals surface area contributed by atoms with Gasteiger partial charge in [-0.2, -0.15) is 0 Å². The molecule has 6 heteroatoms. The zero-order valence-electron chi connectivity index (χ0n) is 20.2. The van der Waals surface area contributed by atoms with Gasteiger partial charge < -0.3 is 15.1 Å². The van der Waals surface area contributed by atoms with Gasteiger partial charge in [0.15, 0.2) is 0 Å². The van der Waals surface area contributed by atoms with E-state index in [1.54, 1.807) is 11.0 Å². The van der Waals surface area contributed by atoms with Crippen molar-refractivity contribution >= 4 is 23.6 Å². The summed E-state index contributed by atoms with van der Waals surface area (Å²) in [6.07, 6.45) is 10.8. The van der Waals surface area contributed by atoms with Gasteiger partial charge in [0.25, 0.3) is 0 Å². The first-order chi connectivity index (χ1) is 15.0. The van der Waals surface area contributed by atoms with Crippen LogP contribution in [0.15, 0.2) is 22.8 Å². The molecule has 0 bridgehead atoms. The number of carboxylic acids is 1. The van der Waals surface area contributed by atoms with E-state index in [1.165, 1.54) is 11.8 Å². The first-order valence-corrected chi connectivity index (χ1v) is 13.0. The lowest BCUT2D eigenvalue weighted by Gasteiger charge is -2.39. The van der Waals surface area contributed by atoms with E-state index >= 15 is 0 Å². The van der Waals surface area contributed by atoms with Crippen LogP contribution in [0.4, 0.5) is 0 Å². The van der Waals surface area contributed by atoms with E-state index in [0.29, 0.717) is 37.3 Å². The number of aliphatic carboxylic acids is 1. The maximum atomic E-state index is 13.8. The molecule has 0 aromatic heterocycles. The quantitative estimate of drug-likeness (QED) is 0.323. The molecule has 178 valence electrons. The Hall–Kier alpha value is -1.71. The molecule has 0 radical (unpaired) electrons. The minimum Gasteiger partial charge on any atom is -0.478 e. The van der Waals surface area contributed by atoms with Gasteiger partial charge >= 0.3 is 5.97 Å². The molecule has 0 spiro atoms. The second-order valence-corrected chi connectivity index (χ2v) is 11.1. The van der Waals surface area contributed by atoms with Crippen molar-refractivity contribution < 1.29 is 19.8 Å². The maximum absolute atomic E-state index is 13.8. The highest BCUT2D eigenvalue weighted by Crippen LogP contribution is 2.34. The third kappa shape index (κ3) is 8.33. The van der Waals surface area contributed by atoms with Crippen molar-refractivity contribution in [3.63, 3.8) is 0 Å². The van der Waals surface area contributed by atoms with Gasteiger partial charge in [-0.05, 0) is 90.4 Å². The van der Waals surface area contributed by atoms with E-state index in [9.17, 15) is 19.8 Å². The van der Waals surface area contributed by atoms with Crippen LogP contribution in [-0.4, -0.2) is 45.4 Å². The molecule has 32 heavy (non-hydrogen) atoms. The Labute approximate surface area is 197 Å². The Balaban J connectivity index is 2.46. The molecule has 0 aromatic carbocycles. The van der Waals surface area contributed by atoms with Crippen molar-refractivity contribution in [2.75, 3.05) is 6.26 Å². The molecule has 2 N–H and O–H groups in total. The van der Waals surface area contributed by atoms with Gasteiger partial charge in [-0.3, -0.25) is 4.79 Å². The summed E-state index contributed by atoms with van der Waals surface area (Å²) in [5.74, 6) is 5.86. The summed E-state index contributed by atoms with van der Waals surface area (Å²) in [5.41, 5.74) is 0.217. The molecule has 2 aliphatic rings. The van der Waals surface area contributed by atoms with Crippen molar-refractivity contribution in [1.82, 2.24) is 4.90 Å². The first-order valence-electron chi connectivity index (χ1n) is 11.7. The Morgan fingerprint density at radius 1 is 1.00 bits per heavy atom. The van der Waals surface area contributed by atoms with E-state index in [4.69, 9.17) is 0 Å². The van der Waals surface area contributed by atoms with Crippen LogP contribution >= 0.6 is 11.8 Å². The van der Waals surface area contributed by atoms with Crippen molar-refractivity contribution in [3.8, 4) is 11.8 Å². The van der Waals surface area contributed by atoms with E-state index in [1.807, 2.05) is 27.0 Å². The van der Waals surface area contributed by atoms with Crippen LogP contribution in [0.25, 0.3) is 0 Å². The molecule has 2 aliphatic carbocycles. The van der Waals surface area contributed by atoms with Crippen molar-refractivity contribution in [2.45, 2.75) is 91.2 Å². The van der Waals surface area contributed by atoms with E-state index in [2.05, 4.69) is 18.8 Å². The number of rotatable bonds is 6. The SMILES string of the molecule is CS/C(C#CC(C)(C)C)=C\C(=C\C(=O)O)N(C(=O)C1CCC(C)CC1)C1CCC(O)CC1. The summed E-state index contributed by atoms with van der Waals surface area (Å²) >= 11 is 1.45. The molecule has 2 saturated carbocycles. The fraction of sp³-hybridized carbons (Fsp3) is 0.692. The van der Waals surface area contributed by atoms with Crippen LogP contribution in [0.5, 0.6) is 0 Å². The zero-order chi connectivity index (χ0) is 23.9. The number of carboxylic acid groups (broad SMARTS) is 1. The summed E-state index contributed by atoms with van der Waals surface area (Å²) in [7, 11) is 0. The monoisotopic (exact) mass is 461 g/mol. The second kappa shape index (κ2) is 12.0. The third-order valence-corrected chi connectivity index (χ3v) is 6.90. The van der Waals surface area contributed by atoms with Gasteiger partial charge in [-0.15, -0.1) is 11.8 Å². The molecule has 2 rings (SSSR count). The summed E-state index contributed by atoms with van der Waals surface area (Å²) in [5, 5.41) is 19.6. The summed E-state index contributed by atoms with van der Waals surface area (Å²) in [6, 6.07) is -0.106. The average Bonchev–Trinajstić information content (AvgIpc) is 2.71. The summed E-state index contributed by atoms with van der Waals surface area (Å²) < 4.78 is 0. The van der Waals surface area contributed by atoms with Crippen LogP contribution in [0.1, 0.15) is 79.1 Å². The molecular formula is C26H39NO4S. The molecule has 0 unspecified atom stereocenters. The Morgan fingerprint density at radius 2 is 1.59 bits per heavy atom. The summed E-state index contributed by atoms with van der Waals surface area (Å²) in [4.78, 5) is 28.0. The van der Waals surface area contributed by atoms with Crippen LogP contribution in [0.3, 0.4) is 0 Å². The van der Waals surface area contributed by atoms with Crippen LogP contribution < -0.4 is 0 Å². The minimum atomic E-state index is -1.08. The van der Waals surface area contributed by atoms with Gasteiger partial charge in [-0.1, -0.05) is 18.8 Å². The van der Waals surface area contributed by atoms with Gasteiger partial charge in [0.2, 0.25) is 5.91 Å². The topological polar surface area (TPSA) is 77.8 Å². The van der Waals surface area contributed by atoms with Crippen molar-refractivity contribution in [2.24, 2.45) is 17.3 Å². The number of aliphatic hydroxyl groups excluding tert-OH is 1. The third-order valence-electron chi connectivity index (χ3n) is 6.24. The number of hydrogen-bond donors (Lipinski definition) is 2. The van der Waals surface area contributed by atoms with Gasteiger partial charge in [-0.25, -0.2) is 4.79 Å². The van der Waals surface area contributed by atoms with E-state index < -0.39 is 5.97 Å². The molecular weight excluding hydrogens is 422 g/mol. The molecule has 0 aromatic rings. The number of nitrogens with zero attached hydrogens (tertiary/aromatic N) is 1. The molecule has 0 saturated heterocycles. The minimum absolute atomic E-state index is 0.0197. The van der Waals surface area contributed by atoms with Gasteiger partial charge in [0, 0.05) is 23.5 Å². The lowest BCUT2D eigenvalue weighted by atomic mass is 9.81. The standard InChI is InChI=1S/C26H39NO4S/c1-18-6-8-19(9-7-18)25(31)27(20-10-12-22(28)13-11-20)21(17-24(29)30)16-23(32-5)14-15-26(2,3)4/h16-20,22,28H,6-13H2,1-5H3,(H,29,30)/b21-17-,23-16-. The number of allylic oxidation sites excluding steroid dienone is 2. The van der Waals surface area contributed by atoms with E-state index in [-0.39, 0.29) is 29.4 Å². The Kier molecular flexibility index (Phi) is 9.91. The predicted molar refractivity (Wildman–Crippen MR) is 131 cm³/mol. The molecule has 0 heterocycles. The smallest absolute Gasteiger partial charge is 0.330 e. The predicted octanol–water partition coefficient (Wildman–Crippen LogP) is 5.21. The highest BCUT2D eigenvalue weighted by atomic mass is 32.2. The highest BCUT2D eigenvalue weighted by Gasteiger charge is 2.35. The average molecular weight is 462 g/mol. The fourth-order valence-electron chi connectivity index (χ4n) is 4.37. The van der Waals surface area contributed by atoms with Crippen LogP contribution in [0, 0.1) is 29.1 Å². The number of aliphatic hydroxyl groups is 1.